The molecule has 0 aliphatic carbocycles. The molecule has 1 heterocycles. The van der Waals surface area contributed by atoms with Gasteiger partial charge in [-0.2, -0.15) is 0 Å². The number of aromatic nitrogens is 1. The van der Waals surface area contributed by atoms with Crippen molar-refractivity contribution in [3.05, 3.63) is 40.6 Å². The molecular formula is C10H11N3O4. The molecule has 1 aromatic heterocycles. The zero-order valence-electron chi connectivity index (χ0n) is 9.17. The summed E-state index contributed by atoms with van der Waals surface area (Å²) in [5.41, 5.74) is -0.252. The van der Waals surface area contributed by atoms with E-state index in [2.05, 4.69) is 21.6 Å². The first-order valence-corrected chi connectivity index (χ1v) is 4.67. The molecule has 0 aliphatic heterocycles. The van der Waals surface area contributed by atoms with Gasteiger partial charge in [-0.3, -0.25) is 10.1 Å². The molecule has 7 heteroatoms. The molecule has 0 aliphatic rings. The third kappa shape index (κ3) is 3.00. The lowest BCUT2D eigenvalue weighted by molar-refractivity contribution is -0.384. The number of pyridine rings is 1. The van der Waals surface area contributed by atoms with Crippen molar-refractivity contribution in [2.45, 2.75) is 0 Å². The van der Waals surface area contributed by atoms with E-state index in [1.54, 1.807) is 6.08 Å². The molecule has 7 nitrogen and oxygen atoms in total. The predicted octanol–water partition coefficient (Wildman–Crippen LogP) is 1.37. The van der Waals surface area contributed by atoms with Crippen LogP contribution in [0.5, 0.6) is 0 Å². The van der Waals surface area contributed by atoms with Crippen LogP contribution in [-0.2, 0) is 4.74 Å². The third-order valence-electron chi connectivity index (χ3n) is 1.90. The monoisotopic (exact) mass is 237 g/mol. The zero-order chi connectivity index (χ0) is 12.8. The zero-order valence-corrected chi connectivity index (χ0v) is 9.17. The molecule has 1 rings (SSSR count). The fourth-order valence-corrected chi connectivity index (χ4v) is 1.13. The summed E-state index contributed by atoms with van der Waals surface area (Å²) in [4.78, 5) is 25.2. The Morgan fingerprint density at radius 1 is 1.76 bits per heavy atom. The van der Waals surface area contributed by atoms with E-state index in [0.29, 0.717) is 6.54 Å². The summed E-state index contributed by atoms with van der Waals surface area (Å²) in [5.74, 6) is -0.585. The normalized spacial score (nSPS) is 9.47. The van der Waals surface area contributed by atoms with Crippen molar-refractivity contribution in [1.82, 2.24) is 4.98 Å². The van der Waals surface area contributed by atoms with Crippen LogP contribution in [0.4, 0.5) is 11.5 Å². The van der Waals surface area contributed by atoms with Gasteiger partial charge in [0.25, 0.3) is 0 Å². The molecule has 1 aromatic rings. The van der Waals surface area contributed by atoms with E-state index in [-0.39, 0.29) is 17.1 Å². The molecular weight excluding hydrogens is 226 g/mol. The number of hydrogen-bond acceptors (Lipinski definition) is 6. The summed E-state index contributed by atoms with van der Waals surface area (Å²) in [7, 11) is 1.19. The first kappa shape index (κ1) is 12.6. The summed E-state index contributed by atoms with van der Waals surface area (Å²) in [6.07, 6.45) is 2.75. The van der Waals surface area contributed by atoms with Crippen LogP contribution in [0.25, 0.3) is 0 Å². The molecule has 0 atom stereocenters. The fraction of sp³-hybridized carbons (Fsp3) is 0.200. The maximum atomic E-state index is 11.2. The fourth-order valence-electron chi connectivity index (χ4n) is 1.13. The van der Waals surface area contributed by atoms with Crippen molar-refractivity contribution >= 4 is 17.5 Å². The highest BCUT2D eigenvalue weighted by molar-refractivity contribution is 5.90. The number of nitrogens with zero attached hydrogens (tertiary/aromatic N) is 2. The Kier molecular flexibility index (Phi) is 4.15. The van der Waals surface area contributed by atoms with E-state index < -0.39 is 10.9 Å². The van der Waals surface area contributed by atoms with Gasteiger partial charge >= 0.3 is 11.7 Å². The van der Waals surface area contributed by atoms with Crippen LogP contribution >= 0.6 is 0 Å². The maximum absolute atomic E-state index is 11.2. The number of nitrogens with one attached hydrogen (secondary N) is 1. The van der Waals surface area contributed by atoms with Crippen LogP contribution in [0.1, 0.15) is 10.4 Å². The molecule has 0 amide bonds. The highest BCUT2D eigenvalue weighted by Gasteiger charge is 2.18. The number of esters is 1. The average molecular weight is 237 g/mol. The van der Waals surface area contributed by atoms with E-state index in [4.69, 9.17) is 0 Å². The molecule has 0 saturated heterocycles. The highest BCUT2D eigenvalue weighted by atomic mass is 16.6. The lowest BCUT2D eigenvalue weighted by Crippen LogP contribution is -2.08. The van der Waals surface area contributed by atoms with Crippen molar-refractivity contribution in [2.24, 2.45) is 0 Å². The summed E-state index contributed by atoms with van der Waals surface area (Å²) in [6.45, 7) is 3.81. The van der Waals surface area contributed by atoms with Crippen LogP contribution in [0.15, 0.2) is 24.9 Å². The quantitative estimate of drug-likeness (QED) is 0.359. The van der Waals surface area contributed by atoms with Gasteiger partial charge in [0.2, 0.25) is 5.82 Å². The molecule has 0 bridgehead atoms. The van der Waals surface area contributed by atoms with Gasteiger partial charge in [0, 0.05) is 18.8 Å². The molecule has 0 fully saturated rings. The Morgan fingerprint density at radius 2 is 2.47 bits per heavy atom. The minimum Gasteiger partial charge on any atom is -0.465 e. The van der Waals surface area contributed by atoms with E-state index in [1.807, 2.05) is 0 Å². The van der Waals surface area contributed by atoms with Crippen molar-refractivity contribution < 1.29 is 14.5 Å². The molecule has 1 N–H and O–H groups in total. The van der Waals surface area contributed by atoms with E-state index >= 15 is 0 Å². The van der Waals surface area contributed by atoms with Crippen molar-refractivity contribution in [3.8, 4) is 0 Å². The lowest BCUT2D eigenvalue weighted by Gasteiger charge is -2.04. The summed E-state index contributed by atoms with van der Waals surface area (Å²) < 4.78 is 4.45. The molecule has 0 spiro atoms. The van der Waals surface area contributed by atoms with Gasteiger partial charge in [-0.25, -0.2) is 9.78 Å². The number of ether oxygens (including phenoxy) is 1. The molecule has 0 unspecified atom stereocenters. The van der Waals surface area contributed by atoms with Crippen molar-refractivity contribution in [3.63, 3.8) is 0 Å². The Hall–Kier alpha value is -2.44. The Labute approximate surface area is 97.3 Å². The maximum Gasteiger partial charge on any atom is 0.339 e. The van der Waals surface area contributed by atoms with Gasteiger partial charge in [-0.05, 0) is 0 Å². The topological polar surface area (TPSA) is 94.4 Å². The van der Waals surface area contributed by atoms with Crippen LogP contribution in [0.3, 0.4) is 0 Å². The van der Waals surface area contributed by atoms with E-state index in [1.165, 1.54) is 13.3 Å². The number of methoxy groups -OCH3 is 1. The Balaban J connectivity index is 3.12. The number of rotatable bonds is 5. The van der Waals surface area contributed by atoms with E-state index in [9.17, 15) is 14.9 Å². The second kappa shape index (κ2) is 5.59. The second-order valence-electron chi connectivity index (χ2n) is 3.01. The second-order valence-corrected chi connectivity index (χ2v) is 3.01. The van der Waals surface area contributed by atoms with Crippen molar-refractivity contribution in [2.75, 3.05) is 19.0 Å². The standard InChI is InChI=1S/C10H11N3O4/c1-3-4-11-9-8(13(15)16)5-7(6-12-9)10(14)17-2/h3,5-6H,1,4H2,2H3,(H,11,12). The number of anilines is 1. The van der Waals surface area contributed by atoms with Crippen LogP contribution in [0.2, 0.25) is 0 Å². The lowest BCUT2D eigenvalue weighted by atomic mass is 10.2. The molecule has 0 radical (unpaired) electrons. The molecule has 0 aromatic carbocycles. The Bertz CT molecular complexity index is 459. The molecule has 17 heavy (non-hydrogen) atoms. The van der Waals surface area contributed by atoms with Crippen LogP contribution in [0, 0.1) is 10.1 Å². The minimum absolute atomic E-state index is 0.0309. The summed E-state index contributed by atoms with van der Waals surface area (Å²) >= 11 is 0. The van der Waals surface area contributed by atoms with Crippen LogP contribution in [-0.4, -0.2) is 29.5 Å². The number of hydrogen-bond donors (Lipinski definition) is 1. The van der Waals surface area contributed by atoms with Gasteiger partial charge in [0.05, 0.1) is 17.6 Å². The first-order chi connectivity index (χ1) is 8.10. The number of nitro groups is 1. The SMILES string of the molecule is C=CCNc1ncc(C(=O)OC)cc1[N+](=O)[O-]. The minimum atomic E-state index is -0.670. The first-order valence-electron chi connectivity index (χ1n) is 4.67. The van der Waals surface area contributed by atoms with Crippen LogP contribution < -0.4 is 5.32 Å². The smallest absolute Gasteiger partial charge is 0.339 e. The Morgan fingerprint density at radius 3 is 3.00 bits per heavy atom. The average Bonchev–Trinajstić information content (AvgIpc) is 2.35. The number of carbonyl (C=O) groups excluding carboxylic acids is 1. The van der Waals surface area contributed by atoms with Gasteiger partial charge in [-0.15, -0.1) is 6.58 Å². The van der Waals surface area contributed by atoms with Gasteiger partial charge in [-0.1, -0.05) is 6.08 Å². The molecule has 90 valence electrons. The van der Waals surface area contributed by atoms with Gasteiger partial charge in [0.15, 0.2) is 0 Å². The van der Waals surface area contributed by atoms with Crippen molar-refractivity contribution in [1.29, 1.82) is 0 Å². The predicted molar refractivity (Wildman–Crippen MR) is 60.9 cm³/mol. The van der Waals surface area contributed by atoms with Gasteiger partial charge < -0.3 is 10.1 Å². The summed E-state index contributed by atoms with van der Waals surface area (Å²) in [6, 6.07) is 1.12. The summed E-state index contributed by atoms with van der Waals surface area (Å²) in [5, 5.41) is 13.5. The van der Waals surface area contributed by atoms with E-state index in [0.717, 1.165) is 6.07 Å². The largest absolute Gasteiger partial charge is 0.465 e. The highest BCUT2D eigenvalue weighted by Crippen LogP contribution is 2.22. The molecule has 0 saturated carbocycles. The van der Waals surface area contributed by atoms with Gasteiger partial charge in [0.1, 0.15) is 0 Å². The number of carbonyl (C=O) groups is 1. The third-order valence-corrected chi connectivity index (χ3v) is 1.90.